The molecule has 0 radical (unpaired) electrons. The van der Waals surface area contributed by atoms with Gasteiger partial charge < -0.3 is 20.3 Å². The molecule has 1 aromatic carbocycles. The number of nitrogens with zero attached hydrogens (tertiary/aromatic N) is 3. The number of piperidine rings is 1. The average molecular weight is 318 g/mol. The maximum atomic E-state index is 6.02. The number of likely N-dealkylation sites (N-methyl/N-ethyl adjacent to an activating group) is 1. The van der Waals surface area contributed by atoms with Gasteiger partial charge in [-0.2, -0.15) is 0 Å². The molecule has 2 fully saturated rings. The number of methoxy groups -OCH3 is 1. The van der Waals surface area contributed by atoms with Crippen molar-refractivity contribution in [2.75, 3.05) is 64.1 Å². The molecule has 0 bridgehead atoms. The van der Waals surface area contributed by atoms with Gasteiger partial charge >= 0.3 is 0 Å². The molecular formula is C18H30N4O. The van der Waals surface area contributed by atoms with E-state index in [2.05, 4.69) is 34.7 Å². The van der Waals surface area contributed by atoms with Gasteiger partial charge in [0.15, 0.2) is 0 Å². The van der Waals surface area contributed by atoms with Crippen molar-refractivity contribution in [2.24, 2.45) is 0 Å². The van der Waals surface area contributed by atoms with Crippen molar-refractivity contribution < 1.29 is 4.74 Å². The highest BCUT2D eigenvalue weighted by Crippen LogP contribution is 2.34. The summed E-state index contributed by atoms with van der Waals surface area (Å²) in [4.78, 5) is 7.56. The highest BCUT2D eigenvalue weighted by molar-refractivity contribution is 5.67. The number of anilines is 2. The Hall–Kier alpha value is -1.46. The SMILES string of the molecule is COc1cc(N)c(C)cc1N1CCC(N2CCN(C)CC2)CC1. The predicted octanol–water partition coefficient (Wildman–Crippen LogP) is 1.80. The van der Waals surface area contributed by atoms with Crippen LogP contribution in [0.1, 0.15) is 18.4 Å². The first-order valence-electron chi connectivity index (χ1n) is 8.70. The summed E-state index contributed by atoms with van der Waals surface area (Å²) in [5.74, 6) is 0.895. The van der Waals surface area contributed by atoms with E-state index in [-0.39, 0.29) is 0 Å². The van der Waals surface area contributed by atoms with Crippen LogP contribution in [0.25, 0.3) is 0 Å². The number of nitrogens with two attached hydrogens (primary N) is 1. The van der Waals surface area contributed by atoms with Crippen LogP contribution in [0.15, 0.2) is 12.1 Å². The zero-order valence-corrected chi connectivity index (χ0v) is 14.7. The number of piperazine rings is 1. The highest BCUT2D eigenvalue weighted by atomic mass is 16.5. The van der Waals surface area contributed by atoms with E-state index in [0.717, 1.165) is 36.1 Å². The number of hydrogen-bond acceptors (Lipinski definition) is 5. The van der Waals surface area contributed by atoms with Crippen LogP contribution < -0.4 is 15.4 Å². The van der Waals surface area contributed by atoms with E-state index in [4.69, 9.17) is 10.5 Å². The van der Waals surface area contributed by atoms with E-state index in [9.17, 15) is 0 Å². The van der Waals surface area contributed by atoms with E-state index in [0.29, 0.717) is 0 Å². The van der Waals surface area contributed by atoms with Crippen LogP contribution in [0.5, 0.6) is 5.75 Å². The molecule has 5 heteroatoms. The minimum Gasteiger partial charge on any atom is -0.495 e. The molecule has 2 heterocycles. The Balaban J connectivity index is 1.64. The summed E-state index contributed by atoms with van der Waals surface area (Å²) >= 11 is 0. The fraction of sp³-hybridized carbons (Fsp3) is 0.667. The second kappa shape index (κ2) is 6.97. The van der Waals surface area contributed by atoms with Crippen LogP contribution in [0.4, 0.5) is 11.4 Å². The molecule has 128 valence electrons. The number of benzene rings is 1. The molecule has 2 aliphatic rings. The number of nitrogen functional groups attached to an aromatic ring is 1. The Morgan fingerprint density at radius 2 is 1.70 bits per heavy atom. The fourth-order valence-electron chi connectivity index (χ4n) is 3.76. The third-order valence-electron chi connectivity index (χ3n) is 5.43. The van der Waals surface area contributed by atoms with Crippen molar-refractivity contribution in [1.29, 1.82) is 0 Å². The number of ether oxygens (including phenoxy) is 1. The summed E-state index contributed by atoms with van der Waals surface area (Å²) < 4.78 is 5.55. The van der Waals surface area contributed by atoms with Crippen molar-refractivity contribution in [3.8, 4) is 5.75 Å². The van der Waals surface area contributed by atoms with E-state index in [1.807, 2.05) is 6.07 Å². The van der Waals surface area contributed by atoms with Gasteiger partial charge in [-0.3, -0.25) is 4.90 Å². The lowest BCUT2D eigenvalue weighted by Gasteiger charge is -2.42. The Morgan fingerprint density at radius 1 is 1.04 bits per heavy atom. The van der Waals surface area contributed by atoms with Gasteiger partial charge in [-0.05, 0) is 38.4 Å². The summed E-state index contributed by atoms with van der Waals surface area (Å²) in [7, 11) is 3.94. The van der Waals surface area contributed by atoms with Crippen LogP contribution in [-0.2, 0) is 0 Å². The third kappa shape index (κ3) is 3.56. The largest absolute Gasteiger partial charge is 0.495 e. The first-order chi connectivity index (χ1) is 11.1. The summed E-state index contributed by atoms with van der Waals surface area (Å²) in [6.07, 6.45) is 2.46. The molecule has 0 aromatic heterocycles. The molecule has 5 nitrogen and oxygen atoms in total. The Kier molecular flexibility index (Phi) is 4.97. The van der Waals surface area contributed by atoms with Crippen LogP contribution in [0.3, 0.4) is 0 Å². The topological polar surface area (TPSA) is 45.0 Å². The lowest BCUT2D eigenvalue weighted by atomic mass is 10.0. The van der Waals surface area contributed by atoms with Gasteiger partial charge in [0, 0.05) is 57.1 Å². The monoisotopic (exact) mass is 318 g/mol. The van der Waals surface area contributed by atoms with Gasteiger partial charge in [0.1, 0.15) is 5.75 Å². The van der Waals surface area contributed by atoms with Crippen molar-refractivity contribution in [3.63, 3.8) is 0 Å². The van der Waals surface area contributed by atoms with Crippen LogP contribution in [-0.4, -0.2) is 69.3 Å². The summed E-state index contributed by atoms with van der Waals surface area (Å²) in [5, 5.41) is 0. The van der Waals surface area contributed by atoms with Crippen molar-refractivity contribution >= 4 is 11.4 Å². The van der Waals surface area contributed by atoms with Crippen LogP contribution >= 0.6 is 0 Å². The maximum absolute atomic E-state index is 6.02. The Morgan fingerprint density at radius 3 is 2.30 bits per heavy atom. The second-order valence-electron chi connectivity index (χ2n) is 6.94. The molecule has 2 N–H and O–H groups in total. The highest BCUT2D eigenvalue weighted by Gasteiger charge is 2.27. The van der Waals surface area contributed by atoms with Gasteiger partial charge in [-0.1, -0.05) is 0 Å². The number of rotatable bonds is 3. The summed E-state index contributed by atoms with van der Waals surface area (Å²) in [5.41, 5.74) is 9.14. The lowest BCUT2D eigenvalue weighted by Crippen LogP contribution is -2.52. The number of hydrogen-bond donors (Lipinski definition) is 1. The summed E-state index contributed by atoms with van der Waals surface area (Å²) in [6.45, 7) is 9.08. The third-order valence-corrected chi connectivity index (χ3v) is 5.43. The van der Waals surface area contributed by atoms with Gasteiger partial charge in [-0.15, -0.1) is 0 Å². The summed E-state index contributed by atoms with van der Waals surface area (Å²) in [6, 6.07) is 4.86. The van der Waals surface area contributed by atoms with Gasteiger partial charge in [-0.25, -0.2) is 0 Å². The second-order valence-corrected chi connectivity index (χ2v) is 6.94. The molecule has 0 spiro atoms. The molecular weight excluding hydrogens is 288 g/mol. The minimum absolute atomic E-state index is 0.737. The molecule has 2 saturated heterocycles. The Labute approximate surface area is 140 Å². The van der Waals surface area contributed by atoms with Gasteiger partial charge in [0.25, 0.3) is 0 Å². The van der Waals surface area contributed by atoms with Crippen molar-refractivity contribution in [2.45, 2.75) is 25.8 Å². The first-order valence-corrected chi connectivity index (χ1v) is 8.70. The minimum atomic E-state index is 0.737. The van der Waals surface area contributed by atoms with E-state index < -0.39 is 0 Å². The fourth-order valence-corrected chi connectivity index (χ4v) is 3.76. The molecule has 1 aromatic rings. The molecule has 23 heavy (non-hydrogen) atoms. The number of aryl methyl sites for hydroxylation is 1. The zero-order valence-electron chi connectivity index (χ0n) is 14.7. The first kappa shape index (κ1) is 16.4. The molecule has 3 rings (SSSR count). The van der Waals surface area contributed by atoms with E-state index in [1.165, 1.54) is 44.7 Å². The molecule has 2 aliphatic heterocycles. The normalized spacial score (nSPS) is 21.6. The molecule has 0 unspecified atom stereocenters. The van der Waals surface area contributed by atoms with Crippen molar-refractivity contribution in [1.82, 2.24) is 9.80 Å². The Bertz CT molecular complexity index is 532. The van der Waals surface area contributed by atoms with E-state index in [1.54, 1.807) is 7.11 Å². The van der Waals surface area contributed by atoms with E-state index >= 15 is 0 Å². The zero-order chi connectivity index (χ0) is 16.4. The average Bonchev–Trinajstić information content (AvgIpc) is 2.58. The smallest absolute Gasteiger partial charge is 0.144 e. The van der Waals surface area contributed by atoms with Crippen LogP contribution in [0.2, 0.25) is 0 Å². The van der Waals surface area contributed by atoms with Crippen LogP contribution in [0, 0.1) is 6.92 Å². The maximum Gasteiger partial charge on any atom is 0.144 e. The molecule has 0 amide bonds. The quantitative estimate of drug-likeness (QED) is 0.861. The molecule has 0 aliphatic carbocycles. The molecule has 0 saturated carbocycles. The lowest BCUT2D eigenvalue weighted by molar-refractivity contribution is 0.0981. The molecule has 0 atom stereocenters. The van der Waals surface area contributed by atoms with Crippen molar-refractivity contribution in [3.05, 3.63) is 17.7 Å². The van der Waals surface area contributed by atoms with Gasteiger partial charge in [0.2, 0.25) is 0 Å². The van der Waals surface area contributed by atoms with Gasteiger partial charge in [0.05, 0.1) is 12.8 Å². The predicted molar refractivity (Wildman–Crippen MR) is 96.4 cm³/mol. The standard InChI is InChI=1S/C18H30N4O/c1-14-12-17(18(23-3)13-16(14)19)22-6-4-15(5-7-22)21-10-8-20(2)9-11-21/h12-13,15H,4-11,19H2,1-3H3.